The zero-order valence-electron chi connectivity index (χ0n) is 10.4. The number of hydrogen-bond donors (Lipinski definition) is 2. The molecule has 1 fully saturated rings. The summed E-state index contributed by atoms with van der Waals surface area (Å²) in [6, 6.07) is 5.29. The van der Waals surface area contributed by atoms with Crippen molar-refractivity contribution in [2.45, 2.75) is 25.3 Å². The SMILES string of the molecule is Fc1ccc(-c2cnc(C3CCCCN3)[nH]2)cc1Br. The number of nitrogens with one attached hydrogen (secondary N) is 2. The lowest BCUT2D eigenvalue weighted by Gasteiger charge is -2.21. The highest BCUT2D eigenvalue weighted by atomic mass is 79.9. The largest absolute Gasteiger partial charge is 0.341 e. The molecular formula is C14H15BrFN3. The van der Waals surface area contributed by atoms with Crippen LogP contribution in [0.5, 0.6) is 0 Å². The molecule has 2 N–H and O–H groups in total. The quantitative estimate of drug-likeness (QED) is 0.882. The van der Waals surface area contributed by atoms with Crippen LogP contribution in [0.1, 0.15) is 31.1 Å². The van der Waals surface area contributed by atoms with Crippen LogP contribution in [-0.4, -0.2) is 16.5 Å². The first-order valence-electron chi connectivity index (χ1n) is 6.48. The highest BCUT2D eigenvalue weighted by molar-refractivity contribution is 9.10. The van der Waals surface area contributed by atoms with Gasteiger partial charge in [0.15, 0.2) is 0 Å². The van der Waals surface area contributed by atoms with Crippen molar-refractivity contribution in [3.05, 3.63) is 40.5 Å². The van der Waals surface area contributed by atoms with Gasteiger partial charge in [-0.2, -0.15) is 0 Å². The van der Waals surface area contributed by atoms with E-state index in [0.717, 1.165) is 30.0 Å². The van der Waals surface area contributed by atoms with Crippen molar-refractivity contribution >= 4 is 15.9 Å². The normalized spacial score (nSPS) is 19.6. The number of halogens is 2. The molecule has 0 aliphatic carbocycles. The summed E-state index contributed by atoms with van der Waals surface area (Å²) in [6.07, 6.45) is 5.39. The van der Waals surface area contributed by atoms with Crippen LogP contribution < -0.4 is 5.32 Å². The number of benzene rings is 1. The molecule has 1 aromatic heterocycles. The first-order valence-corrected chi connectivity index (χ1v) is 7.27. The standard InChI is InChI=1S/C14H15BrFN3/c15-10-7-9(4-5-11(10)16)13-8-18-14(19-13)12-3-1-2-6-17-12/h4-5,7-8,12,17H,1-3,6H2,(H,18,19). The number of piperidine rings is 1. The van der Waals surface area contributed by atoms with Crippen LogP contribution in [0, 0.1) is 5.82 Å². The summed E-state index contributed by atoms with van der Waals surface area (Å²) in [6.45, 7) is 1.04. The number of aromatic nitrogens is 2. The Morgan fingerprint density at radius 2 is 2.21 bits per heavy atom. The third-order valence-electron chi connectivity index (χ3n) is 3.47. The maximum absolute atomic E-state index is 13.2. The van der Waals surface area contributed by atoms with Gasteiger partial charge in [-0.25, -0.2) is 9.37 Å². The average Bonchev–Trinajstić information content (AvgIpc) is 2.93. The van der Waals surface area contributed by atoms with Gasteiger partial charge in [-0.15, -0.1) is 0 Å². The molecule has 3 rings (SSSR count). The van der Waals surface area contributed by atoms with E-state index in [1.165, 1.54) is 18.9 Å². The second kappa shape index (κ2) is 5.43. The number of H-pyrrole nitrogens is 1. The molecule has 0 saturated carbocycles. The van der Waals surface area contributed by atoms with E-state index in [1.807, 2.05) is 6.20 Å². The van der Waals surface area contributed by atoms with E-state index in [9.17, 15) is 4.39 Å². The van der Waals surface area contributed by atoms with E-state index in [-0.39, 0.29) is 5.82 Å². The smallest absolute Gasteiger partial charge is 0.137 e. The molecule has 3 nitrogen and oxygen atoms in total. The minimum atomic E-state index is -0.252. The zero-order chi connectivity index (χ0) is 13.2. The molecule has 1 saturated heterocycles. The van der Waals surface area contributed by atoms with Crippen LogP contribution in [0.4, 0.5) is 4.39 Å². The van der Waals surface area contributed by atoms with E-state index in [2.05, 4.69) is 31.2 Å². The van der Waals surface area contributed by atoms with Gasteiger partial charge in [-0.1, -0.05) is 6.42 Å². The van der Waals surface area contributed by atoms with Crippen LogP contribution >= 0.6 is 15.9 Å². The Morgan fingerprint density at radius 3 is 2.95 bits per heavy atom. The van der Waals surface area contributed by atoms with Crippen molar-refractivity contribution in [2.75, 3.05) is 6.54 Å². The lowest BCUT2D eigenvalue weighted by atomic mass is 10.0. The van der Waals surface area contributed by atoms with Crippen molar-refractivity contribution in [2.24, 2.45) is 0 Å². The third-order valence-corrected chi connectivity index (χ3v) is 4.07. The topological polar surface area (TPSA) is 40.7 Å². The summed E-state index contributed by atoms with van der Waals surface area (Å²) in [5, 5.41) is 3.46. The van der Waals surface area contributed by atoms with Crippen LogP contribution in [0.25, 0.3) is 11.3 Å². The Kier molecular flexibility index (Phi) is 3.66. The molecule has 1 atom stereocenters. The fraction of sp³-hybridized carbons (Fsp3) is 0.357. The predicted octanol–water partition coefficient (Wildman–Crippen LogP) is 3.79. The van der Waals surface area contributed by atoms with Gasteiger partial charge in [-0.05, 0) is 53.5 Å². The highest BCUT2D eigenvalue weighted by Crippen LogP contribution is 2.26. The van der Waals surface area contributed by atoms with Crippen LogP contribution in [0.15, 0.2) is 28.9 Å². The lowest BCUT2D eigenvalue weighted by Crippen LogP contribution is -2.27. The molecule has 0 amide bonds. The second-order valence-electron chi connectivity index (χ2n) is 4.81. The molecule has 2 heterocycles. The molecule has 1 aliphatic heterocycles. The van der Waals surface area contributed by atoms with Crippen molar-refractivity contribution < 1.29 is 4.39 Å². The van der Waals surface area contributed by atoms with Crippen molar-refractivity contribution in [1.82, 2.24) is 15.3 Å². The van der Waals surface area contributed by atoms with Crippen LogP contribution in [0.3, 0.4) is 0 Å². The molecule has 19 heavy (non-hydrogen) atoms. The molecule has 1 aromatic carbocycles. The number of nitrogens with zero attached hydrogens (tertiary/aromatic N) is 1. The van der Waals surface area contributed by atoms with Gasteiger partial charge in [0.2, 0.25) is 0 Å². The first-order chi connectivity index (χ1) is 9.24. The fourth-order valence-corrected chi connectivity index (χ4v) is 2.79. The van der Waals surface area contributed by atoms with E-state index >= 15 is 0 Å². The predicted molar refractivity (Wildman–Crippen MR) is 76.3 cm³/mol. The minimum absolute atomic E-state index is 0.252. The molecule has 0 bridgehead atoms. The van der Waals surface area contributed by atoms with E-state index in [0.29, 0.717) is 10.5 Å². The molecule has 0 radical (unpaired) electrons. The third kappa shape index (κ3) is 2.72. The Labute approximate surface area is 119 Å². The van der Waals surface area contributed by atoms with Crippen LogP contribution in [-0.2, 0) is 0 Å². The molecule has 0 spiro atoms. The number of aromatic amines is 1. The Morgan fingerprint density at radius 1 is 1.32 bits per heavy atom. The Bertz CT molecular complexity index is 576. The molecule has 2 aromatic rings. The molecule has 1 unspecified atom stereocenters. The summed E-state index contributed by atoms with van der Waals surface area (Å²) in [4.78, 5) is 7.77. The monoisotopic (exact) mass is 323 g/mol. The van der Waals surface area contributed by atoms with Crippen molar-refractivity contribution in [3.8, 4) is 11.3 Å². The Balaban J connectivity index is 1.85. The van der Waals surface area contributed by atoms with E-state index in [1.54, 1.807) is 12.1 Å². The second-order valence-corrected chi connectivity index (χ2v) is 5.67. The first kappa shape index (κ1) is 12.8. The molecular weight excluding hydrogens is 309 g/mol. The van der Waals surface area contributed by atoms with E-state index < -0.39 is 0 Å². The van der Waals surface area contributed by atoms with Gasteiger partial charge in [0.25, 0.3) is 0 Å². The average molecular weight is 324 g/mol. The Hall–Kier alpha value is -1.20. The summed E-state index contributed by atoms with van der Waals surface area (Å²) >= 11 is 3.21. The van der Waals surface area contributed by atoms with Gasteiger partial charge < -0.3 is 10.3 Å². The fourth-order valence-electron chi connectivity index (χ4n) is 2.41. The lowest BCUT2D eigenvalue weighted by molar-refractivity contribution is 0.399. The summed E-state index contributed by atoms with van der Waals surface area (Å²) in [5.41, 5.74) is 1.85. The number of imidazole rings is 1. The minimum Gasteiger partial charge on any atom is -0.341 e. The van der Waals surface area contributed by atoms with Crippen molar-refractivity contribution in [1.29, 1.82) is 0 Å². The van der Waals surface area contributed by atoms with Gasteiger partial charge >= 0.3 is 0 Å². The van der Waals surface area contributed by atoms with Crippen LogP contribution in [0.2, 0.25) is 0 Å². The summed E-state index contributed by atoms with van der Waals surface area (Å²) in [5.74, 6) is 0.715. The van der Waals surface area contributed by atoms with E-state index in [4.69, 9.17) is 0 Å². The van der Waals surface area contributed by atoms with Gasteiger partial charge in [0.05, 0.1) is 22.4 Å². The molecule has 1 aliphatic rings. The van der Waals surface area contributed by atoms with Gasteiger partial charge in [0, 0.05) is 5.56 Å². The molecule has 100 valence electrons. The maximum atomic E-state index is 13.2. The highest BCUT2D eigenvalue weighted by Gasteiger charge is 2.17. The maximum Gasteiger partial charge on any atom is 0.137 e. The zero-order valence-corrected chi connectivity index (χ0v) is 12.0. The summed E-state index contributed by atoms with van der Waals surface area (Å²) < 4.78 is 13.7. The number of hydrogen-bond acceptors (Lipinski definition) is 2. The van der Waals surface area contributed by atoms with Gasteiger partial charge in [0.1, 0.15) is 11.6 Å². The van der Waals surface area contributed by atoms with Gasteiger partial charge in [-0.3, -0.25) is 0 Å². The number of rotatable bonds is 2. The molecule has 5 heteroatoms. The summed E-state index contributed by atoms with van der Waals surface area (Å²) in [7, 11) is 0. The van der Waals surface area contributed by atoms with Crippen molar-refractivity contribution in [3.63, 3.8) is 0 Å².